The number of nitrogens with zero attached hydrogens (tertiary/aromatic N) is 3. The number of aromatic nitrogens is 2. The van der Waals surface area contributed by atoms with E-state index in [-0.39, 0.29) is 18.1 Å². The molecule has 0 aromatic carbocycles. The van der Waals surface area contributed by atoms with E-state index in [2.05, 4.69) is 10.3 Å². The Balaban J connectivity index is 3.12. The van der Waals surface area contributed by atoms with Gasteiger partial charge in [0.05, 0.1) is 25.6 Å². The van der Waals surface area contributed by atoms with Gasteiger partial charge in [0.1, 0.15) is 0 Å². The van der Waals surface area contributed by atoms with E-state index in [9.17, 15) is 14.7 Å². The summed E-state index contributed by atoms with van der Waals surface area (Å²) in [5.41, 5.74) is -0.0000926. The molecule has 0 radical (unpaired) electrons. The van der Waals surface area contributed by atoms with Crippen LogP contribution < -0.4 is 5.32 Å². The molecule has 1 aromatic rings. The topological polar surface area (TPSA) is 128 Å². The highest BCUT2D eigenvalue weighted by Crippen LogP contribution is 2.16. The van der Waals surface area contributed by atoms with Crippen molar-refractivity contribution in [1.82, 2.24) is 14.5 Å². The first-order chi connectivity index (χ1) is 8.92. The lowest BCUT2D eigenvalue weighted by Gasteiger charge is -2.15. The van der Waals surface area contributed by atoms with Crippen LogP contribution in [0.1, 0.15) is 10.5 Å². The van der Waals surface area contributed by atoms with Crippen molar-refractivity contribution in [3.05, 3.63) is 12.0 Å². The zero-order valence-electron chi connectivity index (χ0n) is 10.6. The number of hydrogen-bond acceptors (Lipinski definition) is 6. The molecule has 1 heterocycles. The second-order valence-electron chi connectivity index (χ2n) is 3.83. The molecule has 0 saturated carbocycles. The number of imidazole rings is 1. The van der Waals surface area contributed by atoms with E-state index in [1.165, 1.54) is 17.9 Å². The summed E-state index contributed by atoms with van der Waals surface area (Å²) in [4.78, 5) is 27.2. The minimum atomic E-state index is -1.40. The SMILES string of the molecule is CNc1ncn(CC(O)CO)c1C(=O)N(C)C(=O)O. The Bertz CT molecular complexity index is 472. The van der Waals surface area contributed by atoms with Crippen molar-refractivity contribution < 1.29 is 24.9 Å². The van der Waals surface area contributed by atoms with Gasteiger partial charge in [-0.05, 0) is 0 Å². The maximum Gasteiger partial charge on any atom is 0.414 e. The number of hydrogen-bond donors (Lipinski definition) is 4. The van der Waals surface area contributed by atoms with E-state index in [1.807, 2.05) is 0 Å². The normalized spacial score (nSPS) is 12.0. The number of imide groups is 1. The van der Waals surface area contributed by atoms with Crippen LogP contribution in [-0.4, -0.2) is 68.6 Å². The summed E-state index contributed by atoms with van der Waals surface area (Å²) in [6.07, 6.45) is -1.18. The van der Waals surface area contributed by atoms with Crippen molar-refractivity contribution in [2.24, 2.45) is 0 Å². The molecular formula is C10H16N4O5. The predicted molar refractivity (Wildman–Crippen MR) is 65.0 cm³/mol. The molecule has 1 rings (SSSR count). The molecule has 0 saturated heterocycles. The summed E-state index contributed by atoms with van der Waals surface area (Å²) in [6, 6.07) is 0. The Kier molecular flexibility index (Phi) is 4.84. The highest BCUT2D eigenvalue weighted by Gasteiger charge is 2.25. The quantitative estimate of drug-likeness (QED) is 0.542. The molecule has 0 aliphatic rings. The minimum absolute atomic E-state index is 0.0000926. The molecule has 2 amide bonds. The van der Waals surface area contributed by atoms with Gasteiger partial charge in [-0.2, -0.15) is 0 Å². The molecule has 9 heteroatoms. The molecule has 1 atom stereocenters. The lowest BCUT2D eigenvalue weighted by molar-refractivity contribution is 0.0725. The molecule has 4 N–H and O–H groups in total. The van der Waals surface area contributed by atoms with Gasteiger partial charge >= 0.3 is 6.09 Å². The molecule has 106 valence electrons. The summed E-state index contributed by atoms with van der Waals surface area (Å²) in [6.45, 7) is -0.546. The van der Waals surface area contributed by atoms with Gasteiger partial charge in [0.25, 0.3) is 5.91 Å². The lowest BCUT2D eigenvalue weighted by atomic mass is 10.3. The largest absolute Gasteiger partial charge is 0.465 e. The van der Waals surface area contributed by atoms with Gasteiger partial charge in [-0.3, -0.25) is 4.79 Å². The van der Waals surface area contributed by atoms with Crippen molar-refractivity contribution in [3.8, 4) is 0 Å². The molecular weight excluding hydrogens is 256 g/mol. The van der Waals surface area contributed by atoms with Gasteiger partial charge in [0.2, 0.25) is 0 Å². The first-order valence-electron chi connectivity index (χ1n) is 5.45. The number of anilines is 1. The molecule has 0 bridgehead atoms. The van der Waals surface area contributed by atoms with Gasteiger partial charge < -0.3 is 25.2 Å². The lowest BCUT2D eigenvalue weighted by Crippen LogP contribution is -2.34. The molecule has 9 nitrogen and oxygen atoms in total. The summed E-state index contributed by atoms with van der Waals surface area (Å²) in [7, 11) is 2.65. The molecule has 0 spiro atoms. The highest BCUT2D eigenvalue weighted by atomic mass is 16.4. The zero-order valence-corrected chi connectivity index (χ0v) is 10.6. The number of aliphatic hydroxyl groups excluding tert-OH is 2. The van der Waals surface area contributed by atoms with Gasteiger partial charge in [-0.1, -0.05) is 0 Å². The highest BCUT2D eigenvalue weighted by molar-refractivity contribution is 6.04. The maximum atomic E-state index is 12.0. The van der Waals surface area contributed by atoms with Crippen LogP contribution in [0.2, 0.25) is 0 Å². The number of amides is 2. The first kappa shape index (κ1) is 14.9. The van der Waals surface area contributed by atoms with Crippen LogP contribution in [0.3, 0.4) is 0 Å². The van der Waals surface area contributed by atoms with E-state index in [1.54, 1.807) is 0 Å². The van der Waals surface area contributed by atoms with Crippen LogP contribution in [0.5, 0.6) is 0 Å². The Morgan fingerprint density at radius 3 is 2.68 bits per heavy atom. The second kappa shape index (κ2) is 6.16. The number of carbonyl (C=O) groups excluding carboxylic acids is 1. The summed E-state index contributed by atoms with van der Waals surface area (Å²) in [5, 5.41) is 29.7. The number of rotatable bonds is 5. The standard InChI is InChI=1S/C10H16N4O5/c1-11-8-7(9(17)13(2)10(18)19)14(5-12-8)3-6(16)4-15/h5-6,11,15-16H,3-4H2,1-2H3,(H,18,19). The fraction of sp³-hybridized carbons (Fsp3) is 0.500. The van der Waals surface area contributed by atoms with Crippen molar-refractivity contribution >= 4 is 17.8 Å². The van der Waals surface area contributed by atoms with Crippen LogP contribution in [0.15, 0.2) is 6.33 Å². The first-order valence-corrected chi connectivity index (χ1v) is 5.45. The van der Waals surface area contributed by atoms with Gasteiger partial charge in [0.15, 0.2) is 11.5 Å². The third-order valence-corrected chi connectivity index (χ3v) is 2.49. The minimum Gasteiger partial charge on any atom is -0.465 e. The summed E-state index contributed by atoms with van der Waals surface area (Å²) in [5.74, 6) is -0.581. The molecule has 1 unspecified atom stereocenters. The summed E-state index contributed by atoms with van der Waals surface area (Å²) < 4.78 is 1.29. The van der Waals surface area contributed by atoms with Crippen LogP contribution in [0.25, 0.3) is 0 Å². The van der Waals surface area contributed by atoms with Crippen molar-refractivity contribution in [2.75, 3.05) is 26.0 Å². The summed E-state index contributed by atoms with van der Waals surface area (Å²) >= 11 is 0. The van der Waals surface area contributed by atoms with Crippen molar-refractivity contribution in [1.29, 1.82) is 0 Å². The third kappa shape index (κ3) is 3.20. The van der Waals surface area contributed by atoms with Crippen LogP contribution in [0, 0.1) is 0 Å². The Morgan fingerprint density at radius 1 is 1.58 bits per heavy atom. The van der Waals surface area contributed by atoms with Crippen LogP contribution >= 0.6 is 0 Å². The molecule has 0 fully saturated rings. The van der Waals surface area contributed by atoms with E-state index in [0.29, 0.717) is 4.90 Å². The maximum absolute atomic E-state index is 12.0. The van der Waals surface area contributed by atoms with Gasteiger partial charge in [0, 0.05) is 14.1 Å². The Hall–Kier alpha value is -2.13. The van der Waals surface area contributed by atoms with E-state index in [0.717, 1.165) is 7.05 Å². The molecule has 1 aromatic heterocycles. The van der Waals surface area contributed by atoms with E-state index >= 15 is 0 Å². The fourth-order valence-electron chi connectivity index (χ4n) is 1.46. The Morgan fingerprint density at radius 2 is 2.21 bits per heavy atom. The fourth-order valence-corrected chi connectivity index (χ4v) is 1.46. The van der Waals surface area contributed by atoms with Gasteiger partial charge in [-0.15, -0.1) is 0 Å². The average Bonchev–Trinajstić information content (AvgIpc) is 2.79. The number of carboxylic acid groups (broad SMARTS) is 1. The predicted octanol–water partition coefficient (Wildman–Crippen LogP) is -0.972. The second-order valence-corrected chi connectivity index (χ2v) is 3.83. The smallest absolute Gasteiger partial charge is 0.414 e. The molecule has 0 aliphatic heterocycles. The number of aliphatic hydroxyl groups is 2. The zero-order chi connectivity index (χ0) is 14.6. The molecule has 19 heavy (non-hydrogen) atoms. The van der Waals surface area contributed by atoms with Crippen molar-refractivity contribution in [2.45, 2.75) is 12.6 Å². The van der Waals surface area contributed by atoms with E-state index in [4.69, 9.17) is 10.2 Å². The average molecular weight is 272 g/mol. The van der Waals surface area contributed by atoms with Gasteiger partial charge in [-0.25, -0.2) is 14.7 Å². The van der Waals surface area contributed by atoms with Crippen LogP contribution in [0.4, 0.5) is 10.6 Å². The Labute approximate surface area is 109 Å². The van der Waals surface area contributed by atoms with Crippen LogP contribution in [-0.2, 0) is 6.54 Å². The molecule has 0 aliphatic carbocycles. The van der Waals surface area contributed by atoms with E-state index < -0.39 is 24.7 Å². The van der Waals surface area contributed by atoms with Crippen molar-refractivity contribution in [3.63, 3.8) is 0 Å². The third-order valence-electron chi connectivity index (χ3n) is 2.49. The monoisotopic (exact) mass is 272 g/mol. The number of carbonyl (C=O) groups is 2. The number of nitrogens with one attached hydrogen (secondary N) is 1.